The molecule has 2 rings (SSSR count). The molecule has 17 heavy (non-hydrogen) atoms. The van der Waals surface area contributed by atoms with Gasteiger partial charge in [0.2, 0.25) is 0 Å². The fraction of sp³-hybridized carbons (Fsp3) is 0.769. The van der Waals surface area contributed by atoms with Crippen molar-refractivity contribution in [2.75, 3.05) is 5.75 Å². The standard InChI is InChI=1S/C13H23N3S/c1-4-17-11-7-5-6-10(11)16-9-15-8-12(16)13(2,3)14/h8-11H,4-7,14H2,1-3H3. The first-order valence-corrected chi connectivity index (χ1v) is 7.51. The molecule has 1 aliphatic carbocycles. The van der Waals surface area contributed by atoms with Gasteiger partial charge in [-0.1, -0.05) is 13.3 Å². The maximum atomic E-state index is 6.22. The molecular formula is C13H23N3S. The summed E-state index contributed by atoms with van der Waals surface area (Å²) in [5, 5.41) is 0.732. The molecule has 0 aromatic carbocycles. The summed E-state index contributed by atoms with van der Waals surface area (Å²) in [7, 11) is 0. The van der Waals surface area contributed by atoms with Crippen LogP contribution in [0.4, 0.5) is 0 Å². The van der Waals surface area contributed by atoms with E-state index in [4.69, 9.17) is 5.73 Å². The van der Waals surface area contributed by atoms with Gasteiger partial charge in [-0.3, -0.25) is 0 Å². The van der Waals surface area contributed by atoms with Crippen molar-refractivity contribution in [1.29, 1.82) is 0 Å². The van der Waals surface area contributed by atoms with Crippen molar-refractivity contribution in [3.05, 3.63) is 18.2 Å². The van der Waals surface area contributed by atoms with Gasteiger partial charge in [0.15, 0.2) is 0 Å². The highest BCUT2D eigenvalue weighted by atomic mass is 32.2. The number of nitrogens with two attached hydrogens (primary N) is 1. The van der Waals surface area contributed by atoms with Gasteiger partial charge >= 0.3 is 0 Å². The minimum atomic E-state index is -0.305. The van der Waals surface area contributed by atoms with E-state index >= 15 is 0 Å². The molecule has 3 nitrogen and oxygen atoms in total. The fourth-order valence-corrected chi connectivity index (χ4v) is 3.95. The van der Waals surface area contributed by atoms with Crippen LogP contribution in [0.3, 0.4) is 0 Å². The minimum absolute atomic E-state index is 0.305. The molecule has 2 unspecified atom stereocenters. The Balaban J connectivity index is 2.25. The first kappa shape index (κ1) is 13.0. The molecule has 2 N–H and O–H groups in total. The van der Waals surface area contributed by atoms with Gasteiger partial charge in [0.25, 0.3) is 0 Å². The second-order valence-electron chi connectivity index (χ2n) is 5.40. The molecule has 1 aliphatic rings. The SMILES string of the molecule is CCSC1CCCC1n1cncc1C(C)(C)N. The Morgan fingerprint density at radius 3 is 2.94 bits per heavy atom. The van der Waals surface area contributed by atoms with Crippen LogP contribution >= 0.6 is 11.8 Å². The van der Waals surface area contributed by atoms with Crippen molar-refractivity contribution in [2.24, 2.45) is 5.73 Å². The van der Waals surface area contributed by atoms with E-state index in [1.807, 2.05) is 12.5 Å². The van der Waals surface area contributed by atoms with Gasteiger partial charge < -0.3 is 10.3 Å². The summed E-state index contributed by atoms with van der Waals surface area (Å²) >= 11 is 2.08. The topological polar surface area (TPSA) is 43.8 Å². The van der Waals surface area contributed by atoms with Crippen molar-refractivity contribution in [3.63, 3.8) is 0 Å². The molecule has 0 radical (unpaired) electrons. The number of imidazole rings is 1. The molecule has 4 heteroatoms. The summed E-state index contributed by atoms with van der Waals surface area (Å²) in [5.41, 5.74) is 7.07. The number of hydrogen-bond acceptors (Lipinski definition) is 3. The zero-order valence-electron chi connectivity index (χ0n) is 11.0. The third kappa shape index (κ3) is 2.68. The highest BCUT2D eigenvalue weighted by Gasteiger charge is 2.32. The summed E-state index contributed by atoms with van der Waals surface area (Å²) in [6.45, 7) is 6.34. The molecule has 1 fully saturated rings. The van der Waals surface area contributed by atoms with Crippen LogP contribution < -0.4 is 5.73 Å². The maximum absolute atomic E-state index is 6.22. The van der Waals surface area contributed by atoms with E-state index in [-0.39, 0.29) is 5.54 Å². The molecule has 2 atom stereocenters. The minimum Gasteiger partial charge on any atom is -0.329 e. The Morgan fingerprint density at radius 2 is 2.29 bits per heavy atom. The zero-order valence-corrected chi connectivity index (χ0v) is 11.8. The molecule has 0 saturated heterocycles. The predicted octanol–water partition coefficient (Wildman–Crippen LogP) is 2.92. The van der Waals surface area contributed by atoms with Gasteiger partial charge in [-0.05, 0) is 32.4 Å². The first-order chi connectivity index (χ1) is 8.04. The lowest BCUT2D eigenvalue weighted by Crippen LogP contribution is -2.33. The smallest absolute Gasteiger partial charge is 0.0951 e. The van der Waals surface area contributed by atoms with E-state index in [9.17, 15) is 0 Å². The fourth-order valence-electron chi connectivity index (χ4n) is 2.70. The number of hydrogen-bond donors (Lipinski definition) is 1. The quantitative estimate of drug-likeness (QED) is 0.897. The Labute approximate surface area is 108 Å². The van der Waals surface area contributed by atoms with E-state index in [0.717, 1.165) is 10.9 Å². The zero-order chi connectivity index (χ0) is 12.5. The van der Waals surface area contributed by atoms with E-state index < -0.39 is 0 Å². The van der Waals surface area contributed by atoms with Crippen molar-refractivity contribution in [1.82, 2.24) is 9.55 Å². The largest absolute Gasteiger partial charge is 0.329 e. The highest BCUT2D eigenvalue weighted by Crippen LogP contribution is 2.39. The van der Waals surface area contributed by atoms with E-state index in [0.29, 0.717) is 6.04 Å². The second kappa shape index (κ2) is 5.02. The van der Waals surface area contributed by atoms with Gasteiger partial charge in [0.1, 0.15) is 0 Å². The average Bonchev–Trinajstić information content (AvgIpc) is 2.82. The molecule has 1 heterocycles. The van der Waals surface area contributed by atoms with E-state index in [1.165, 1.54) is 25.0 Å². The summed E-state index contributed by atoms with van der Waals surface area (Å²) in [5.74, 6) is 1.19. The lowest BCUT2D eigenvalue weighted by Gasteiger charge is -2.27. The normalized spacial score (nSPS) is 25.4. The molecule has 1 aromatic heterocycles. The molecule has 0 amide bonds. The first-order valence-electron chi connectivity index (χ1n) is 6.47. The predicted molar refractivity (Wildman–Crippen MR) is 74.2 cm³/mol. The summed E-state index contributed by atoms with van der Waals surface area (Å²) in [6, 6.07) is 0.584. The lowest BCUT2D eigenvalue weighted by atomic mass is 10.0. The van der Waals surface area contributed by atoms with Crippen LogP contribution in [0.5, 0.6) is 0 Å². The molecule has 1 saturated carbocycles. The van der Waals surface area contributed by atoms with Crippen molar-refractivity contribution in [2.45, 2.75) is 56.9 Å². The maximum Gasteiger partial charge on any atom is 0.0951 e. The molecular weight excluding hydrogens is 230 g/mol. The van der Waals surface area contributed by atoms with Crippen LogP contribution in [0.15, 0.2) is 12.5 Å². The van der Waals surface area contributed by atoms with Crippen LogP contribution in [-0.2, 0) is 5.54 Å². The van der Waals surface area contributed by atoms with Crippen LogP contribution in [0.2, 0.25) is 0 Å². The van der Waals surface area contributed by atoms with Crippen molar-refractivity contribution >= 4 is 11.8 Å². The average molecular weight is 253 g/mol. The van der Waals surface area contributed by atoms with Crippen LogP contribution in [0.1, 0.15) is 51.8 Å². The second-order valence-corrected chi connectivity index (χ2v) is 6.92. The van der Waals surface area contributed by atoms with Gasteiger partial charge in [-0.2, -0.15) is 11.8 Å². The van der Waals surface area contributed by atoms with Gasteiger partial charge in [0.05, 0.1) is 17.6 Å². The monoisotopic (exact) mass is 253 g/mol. The van der Waals surface area contributed by atoms with Crippen LogP contribution in [0, 0.1) is 0 Å². The lowest BCUT2D eigenvalue weighted by molar-refractivity contribution is 0.441. The summed E-state index contributed by atoms with van der Waals surface area (Å²) in [4.78, 5) is 4.30. The summed E-state index contributed by atoms with van der Waals surface area (Å²) < 4.78 is 2.32. The van der Waals surface area contributed by atoms with E-state index in [2.05, 4.69) is 42.1 Å². The molecule has 0 aliphatic heterocycles. The Hall–Kier alpha value is -0.480. The van der Waals surface area contributed by atoms with Crippen molar-refractivity contribution < 1.29 is 0 Å². The third-order valence-corrected chi connectivity index (χ3v) is 4.79. The van der Waals surface area contributed by atoms with Crippen LogP contribution in [-0.4, -0.2) is 20.6 Å². The number of thioether (sulfide) groups is 1. The number of rotatable bonds is 4. The Bertz CT molecular complexity index is 367. The number of nitrogens with zero attached hydrogens (tertiary/aromatic N) is 2. The van der Waals surface area contributed by atoms with Crippen LogP contribution in [0.25, 0.3) is 0 Å². The Morgan fingerprint density at radius 1 is 1.53 bits per heavy atom. The van der Waals surface area contributed by atoms with Gasteiger partial charge in [0, 0.05) is 17.5 Å². The molecule has 1 aromatic rings. The number of aromatic nitrogens is 2. The molecule has 0 spiro atoms. The van der Waals surface area contributed by atoms with Gasteiger partial charge in [-0.25, -0.2) is 4.98 Å². The molecule has 96 valence electrons. The van der Waals surface area contributed by atoms with Crippen molar-refractivity contribution in [3.8, 4) is 0 Å². The highest BCUT2D eigenvalue weighted by molar-refractivity contribution is 7.99. The third-order valence-electron chi connectivity index (χ3n) is 3.48. The van der Waals surface area contributed by atoms with Gasteiger partial charge in [-0.15, -0.1) is 0 Å². The summed E-state index contributed by atoms with van der Waals surface area (Å²) in [6.07, 6.45) is 7.79. The van der Waals surface area contributed by atoms with E-state index in [1.54, 1.807) is 0 Å². The Kier molecular flexibility index (Phi) is 3.83. The molecule has 0 bridgehead atoms.